The molecule has 0 spiro atoms. The van der Waals surface area contributed by atoms with Crippen molar-refractivity contribution < 1.29 is 45.1 Å². The van der Waals surface area contributed by atoms with Gasteiger partial charge in [0.15, 0.2) is 17.5 Å². The molecular formula is C19H10Cl2F7N3O3. The highest BCUT2D eigenvalue weighted by molar-refractivity contribution is 6.52. The van der Waals surface area contributed by atoms with Crippen molar-refractivity contribution in [2.45, 2.75) is 16.9 Å². The fraction of sp³-hybridized carbons (Fsp3) is 0.211. The first-order valence-corrected chi connectivity index (χ1v) is 9.72. The molecule has 2 aromatic rings. The topological polar surface area (TPSA) is 87.3 Å². The van der Waals surface area contributed by atoms with Crippen LogP contribution in [0.5, 0.6) is 0 Å². The number of hydrogen-bond donors (Lipinski definition) is 3. The van der Waals surface area contributed by atoms with Gasteiger partial charge in [-0.1, -0.05) is 0 Å². The highest BCUT2D eigenvalue weighted by atomic mass is 35.5. The molecule has 0 aliphatic heterocycles. The van der Waals surface area contributed by atoms with Gasteiger partial charge in [0.05, 0.1) is 17.2 Å². The number of alkyl halides is 5. The lowest BCUT2D eigenvalue weighted by Crippen LogP contribution is -2.30. The molecule has 0 aromatic heterocycles. The zero-order chi connectivity index (χ0) is 25.6. The molecule has 0 heterocycles. The minimum atomic E-state index is -5.40. The molecule has 1 aliphatic carbocycles. The number of halogens is 9. The Bertz CT molecular complexity index is 1200. The summed E-state index contributed by atoms with van der Waals surface area (Å²) in [6, 6.07) is 2.03. The number of benzene rings is 2. The van der Waals surface area contributed by atoms with Gasteiger partial charge in [0.2, 0.25) is 5.91 Å². The van der Waals surface area contributed by atoms with Gasteiger partial charge < -0.3 is 16.0 Å². The summed E-state index contributed by atoms with van der Waals surface area (Å²) in [5.74, 6) is -12.5. The summed E-state index contributed by atoms with van der Waals surface area (Å²) in [7, 11) is 0. The van der Waals surface area contributed by atoms with Crippen LogP contribution >= 0.6 is 23.2 Å². The van der Waals surface area contributed by atoms with Crippen molar-refractivity contribution in [3.8, 4) is 0 Å². The molecule has 3 N–H and O–H groups in total. The first-order chi connectivity index (χ1) is 15.6. The van der Waals surface area contributed by atoms with E-state index in [9.17, 15) is 45.1 Å². The van der Waals surface area contributed by atoms with Crippen LogP contribution in [-0.4, -0.2) is 28.2 Å². The number of carbonyl (C=O) groups excluding carboxylic acids is 3. The summed E-state index contributed by atoms with van der Waals surface area (Å²) in [6.07, 6.45) is -5.32. The van der Waals surface area contributed by atoms with Gasteiger partial charge in [-0.25, -0.2) is 17.6 Å². The summed E-state index contributed by atoms with van der Waals surface area (Å²) in [5.41, 5.74) is -4.04. The van der Waals surface area contributed by atoms with E-state index in [1.165, 1.54) is 0 Å². The number of amides is 3. The lowest BCUT2D eigenvalue weighted by molar-refractivity contribution is -0.167. The number of anilines is 3. The Labute approximate surface area is 195 Å². The van der Waals surface area contributed by atoms with Crippen molar-refractivity contribution in [1.29, 1.82) is 0 Å². The van der Waals surface area contributed by atoms with Gasteiger partial charge in [0.1, 0.15) is 15.8 Å². The van der Waals surface area contributed by atoms with Crippen molar-refractivity contribution in [3.63, 3.8) is 0 Å². The monoisotopic (exact) mass is 531 g/mol. The maximum absolute atomic E-state index is 14.5. The van der Waals surface area contributed by atoms with Crippen molar-refractivity contribution in [2.24, 2.45) is 5.92 Å². The van der Waals surface area contributed by atoms with E-state index in [1.807, 2.05) is 0 Å². The molecule has 0 radical (unpaired) electrons. The van der Waals surface area contributed by atoms with E-state index < -0.39 is 80.0 Å². The van der Waals surface area contributed by atoms with Crippen molar-refractivity contribution in [1.82, 2.24) is 0 Å². The summed E-state index contributed by atoms with van der Waals surface area (Å²) >= 11 is 11.5. The van der Waals surface area contributed by atoms with Crippen LogP contribution in [0, 0.1) is 29.2 Å². The average molecular weight is 532 g/mol. The first-order valence-electron chi connectivity index (χ1n) is 8.97. The van der Waals surface area contributed by atoms with E-state index in [0.29, 0.717) is 24.3 Å². The minimum absolute atomic E-state index is 0.0821. The molecule has 3 amide bonds. The molecule has 34 heavy (non-hydrogen) atoms. The third-order valence-corrected chi connectivity index (χ3v) is 5.35. The van der Waals surface area contributed by atoms with Gasteiger partial charge in [-0.15, -0.1) is 23.2 Å². The normalized spacial score (nSPS) is 16.6. The zero-order valence-electron chi connectivity index (χ0n) is 16.2. The average Bonchev–Trinajstić information content (AvgIpc) is 3.37. The van der Waals surface area contributed by atoms with Crippen molar-refractivity contribution >= 4 is 58.0 Å². The molecule has 1 saturated carbocycles. The van der Waals surface area contributed by atoms with Gasteiger partial charge in [0.25, 0.3) is 5.91 Å². The van der Waals surface area contributed by atoms with E-state index in [0.717, 1.165) is 5.32 Å². The first kappa shape index (κ1) is 25.6. The summed E-state index contributed by atoms with van der Waals surface area (Å²) in [4.78, 5) is 35.4. The van der Waals surface area contributed by atoms with Crippen LogP contribution in [0.25, 0.3) is 0 Å². The molecule has 0 saturated heterocycles. The Kier molecular flexibility index (Phi) is 6.73. The Morgan fingerprint density at radius 2 is 1.53 bits per heavy atom. The highest BCUT2D eigenvalue weighted by Gasteiger charge is 2.56. The second-order valence-electron chi connectivity index (χ2n) is 7.02. The molecule has 15 heteroatoms. The van der Waals surface area contributed by atoms with Crippen LogP contribution in [0.4, 0.5) is 47.8 Å². The predicted molar refractivity (Wildman–Crippen MR) is 107 cm³/mol. The minimum Gasteiger partial charge on any atom is -0.326 e. The fourth-order valence-corrected chi connectivity index (χ4v) is 3.20. The van der Waals surface area contributed by atoms with Crippen molar-refractivity contribution in [2.75, 3.05) is 16.0 Å². The molecule has 1 atom stereocenters. The predicted octanol–water partition coefficient (Wildman–Crippen LogP) is 5.13. The van der Waals surface area contributed by atoms with Gasteiger partial charge in [-0.2, -0.15) is 13.2 Å². The second kappa shape index (κ2) is 8.95. The zero-order valence-corrected chi connectivity index (χ0v) is 17.7. The van der Waals surface area contributed by atoms with E-state index in [1.54, 1.807) is 5.32 Å². The van der Waals surface area contributed by atoms with Gasteiger partial charge in [-0.3, -0.25) is 14.4 Å². The molecule has 1 aliphatic rings. The number of carbonyl (C=O) groups is 3. The largest absolute Gasteiger partial charge is 0.471 e. The molecule has 3 rings (SSSR count). The van der Waals surface area contributed by atoms with E-state index in [-0.39, 0.29) is 6.42 Å². The quantitative estimate of drug-likeness (QED) is 0.369. The van der Waals surface area contributed by atoms with Crippen LogP contribution in [0.1, 0.15) is 16.8 Å². The Hall–Kier alpha value is -3.06. The van der Waals surface area contributed by atoms with Crippen LogP contribution in [-0.2, 0) is 9.59 Å². The third kappa shape index (κ3) is 5.36. The maximum atomic E-state index is 14.5. The van der Waals surface area contributed by atoms with Crippen molar-refractivity contribution in [3.05, 3.63) is 53.1 Å². The van der Waals surface area contributed by atoms with E-state index in [2.05, 4.69) is 5.32 Å². The Morgan fingerprint density at radius 3 is 2.09 bits per heavy atom. The summed E-state index contributed by atoms with van der Waals surface area (Å²) in [6.45, 7) is 0. The van der Waals surface area contributed by atoms with Crippen LogP contribution < -0.4 is 16.0 Å². The number of rotatable bonds is 5. The molecule has 182 valence electrons. The lowest BCUT2D eigenvalue weighted by atomic mass is 10.1. The highest BCUT2D eigenvalue weighted by Crippen LogP contribution is 2.53. The summed E-state index contributed by atoms with van der Waals surface area (Å²) < 4.78 is 92.5. The molecule has 6 nitrogen and oxygen atoms in total. The summed E-state index contributed by atoms with van der Waals surface area (Å²) in [5, 5.41) is 4.86. The Balaban J connectivity index is 1.86. The van der Waals surface area contributed by atoms with Crippen LogP contribution in [0.15, 0.2) is 24.3 Å². The number of hydrogen-bond acceptors (Lipinski definition) is 3. The smallest absolute Gasteiger partial charge is 0.326 e. The lowest BCUT2D eigenvalue weighted by Gasteiger charge is -2.14. The SMILES string of the molecule is O=C(Nc1c(F)ccc(NC(=O)C(F)(F)F)c1F)c1cc(NC(=O)C2CC2(Cl)Cl)cc(F)c1F. The fourth-order valence-electron chi connectivity index (χ4n) is 2.69. The molecular weight excluding hydrogens is 522 g/mol. The molecule has 2 aromatic carbocycles. The van der Waals surface area contributed by atoms with Gasteiger partial charge in [-0.05, 0) is 24.6 Å². The Morgan fingerprint density at radius 1 is 0.912 bits per heavy atom. The van der Waals surface area contributed by atoms with Gasteiger partial charge >= 0.3 is 12.1 Å². The maximum Gasteiger partial charge on any atom is 0.471 e. The van der Waals surface area contributed by atoms with Gasteiger partial charge in [0, 0.05) is 11.8 Å². The molecule has 1 fully saturated rings. The van der Waals surface area contributed by atoms with E-state index >= 15 is 0 Å². The standard InChI is InChI=1S/C19H10Cl2F7N3O3/c20-18(21)5-8(18)16(33)29-6-3-7(12(24)10(23)4-6)15(32)31-14-9(22)1-2-11(13(14)25)30-17(34)19(26,27)28/h1-4,8H,5H2,(H,29,33)(H,30,34)(H,31,32). The third-order valence-electron chi connectivity index (χ3n) is 4.52. The van der Waals surface area contributed by atoms with Crippen LogP contribution in [0.2, 0.25) is 0 Å². The van der Waals surface area contributed by atoms with E-state index in [4.69, 9.17) is 23.2 Å². The molecule has 0 bridgehead atoms. The molecule has 1 unspecified atom stereocenters. The van der Waals surface area contributed by atoms with Crippen LogP contribution in [0.3, 0.4) is 0 Å². The number of nitrogens with one attached hydrogen (secondary N) is 3. The second-order valence-corrected chi connectivity index (χ2v) is 8.56.